The minimum Gasteiger partial charge on any atom is -0.508 e. The first kappa shape index (κ1) is 22.8. The average molecular weight is 510 g/mol. The van der Waals surface area contributed by atoms with Crippen molar-refractivity contribution in [2.75, 3.05) is 4.90 Å². The summed E-state index contributed by atoms with van der Waals surface area (Å²) in [5, 5.41) is 28.8. The maximum atomic E-state index is 14.0. The molecule has 35 heavy (non-hydrogen) atoms. The molecule has 1 amide bonds. The molecule has 2 N–H and O–H groups in total. The molecular formula is C24H16FN3O5S2. The Bertz CT molecular complexity index is 1430. The zero-order valence-corrected chi connectivity index (χ0v) is 19.4. The largest absolute Gasteiger partial charge is 0.508 e. The summed E-state index contributed by atoms with van der Waals surface area (Å²) in [5.41, 5.74) is 0.788. The van der Waals surface area contributed by atoms with Crippen molar-refractivity contribution in [1.29, 1.82) is 0 Å². The molecular weight excluding hydrogens is 493 g/mol. The predicted octanol–water partition coefficient (Wildman–Crippen LogP) is 5.05. The van der Waals surface area contributed by atoms with Crippen LogP contribution in [0.5, 0.6) is 5.75 Å². The summed E-state index contributed by atoms with van der Waals surface area (Å²) in [7, 11) is 0. The van der Waals surface area contributed by atoms with Gasteiger partial charge in [0.15, 0.2) is 15.9 Å². The van der Waals surface area contributed by atoms with Crippen LogP contribution in [-0.4, -0.2) is 32.1 Å². The minimum atomic E-state index is -1.03. The van der Waals surface area contributed by atoms with Crippen molar-refractivity contribution in [2.24, 2.45) is 0 Å². The molecule has 1 aliphatic rings. The third kappa shape index (κ3) is 4.31. The highest BCUT2D eigenvalue weighted by atomic mass is 32.2. The van der Waals surface area contributed by atoms with Crippen molar-refractivity contribution in [3.8, 4) is 5.75 Å². The lowest BCUT2D eigenvalue weighted by Crippen LogP contribution is -2.31. The number of hydrogen-bond acceptors (Lipinski definition) is 9. The number of phenols is 1. The lowest BCUT2D eigenvalue weighted by atomic mass is 9.95. The molecule has 0 saturated heterocycles. The summed E-state index contributed by atoms with van der Waals surface area (Å²) in [6, 6.07) is 14.2. The maximum absolute atomic E-state index is 14.0. The maximum Gasteiger partial charge on any atom is 0.296 e. The molecule has 5 rings (SSSR count). The molecule has 0 aliphatic carbocycles. The van der Waals surface area contributed by atoms with Gasteiger partial charge in [0.1, 0.15) is 11.6 Å². The van der Waals surface area contributed by atoms with Gasteiger partial charge < -0.3 is 14.6 Å². The Morgan fingerprint density at radius 3 is 2.57 bits per heavy atom. The van der Waals surface area contributed by atoms with Crippen LogP contribution in [0, 0.1) is 5.82 Å². The van der Waals surface area contributed by atoms with E-state index in [1.807, 2.05) is 0 Å². The summed E-state index contributed by atoms with van der Waals surface area (Å²) in [5.74, 6) is -2.26. The number of furan rings is 1. The number of benzene rings is 2. The fourth-order valence-electron chi connectivity index (χ4n) is 3.66. The van der Waals surface area contributed by atoms with Crippen LogP contribution in [0.4, 0.5) is 9.52 Å². The second-order valence-corrected chi connectivity index (χ2v) is 9.65. The number of phenolic OH excluding ortho intramolecular Hbond substituents is 1. The molecule has 176 valence electrons. The molecule has 3 heterocycles. The normalized spacial score (nSPS) is 15.7. The third-order valence-corrected chi connectivity index (χ3v) is 7.42. The van der Waals surface area contributed by atoms with Gasteiger partial charge in [-0.15, -0.1) is 10.2 Å². The monoisotopic (exact) mass is 509 g/mol. The van der Waals surface area contributed by atoms with Gasteiger partial charge in [-0.05, 0) is 41.5 Å². The Morgan fingerprint density at radius 2 is 1.86 bits per heavy atom. The number of amides is 1. The molecule has 4 aromatic rings. The van der Waals surface area contributed by atoms with Gasteiger partial charge in [-0.1, -0.05) is 53.4 Å². The van der Waals surface area contributed by atoms with E-state index >= 15 is 0 Å². The molecule has 0 radical (unpaired) electrons. The van der Waals surface area contributed by atoms with Crippen LogP contribution in [-0.2, 0) is 10.5 Å². The van der Waals surface area contributed by atoms with Gasteiger partial charge in [-0.3, -0.25) is 14.5 Å². The van der Waals surface area contributed by atoms with E-state index in [9.17, 15) is 24.2 Å². The summed E-state index contributed by atoms with van der Waals surface area (Å²) in [4.78, 5) is 27.5. The van der Waals surface area contributed by atoms with E-state index in [1.54, 1.807) is 30.3 Å². The Balaban J connectivity index is 1.49. The van der Waals surface area contributed by atoms with Gasteiger partial charge in [-0.2, -0.15) is 0 Å². The van der Waals surface area contributed by atoms with Gasteiger partial charge in [0.05, 0.1) is 17.9 Å². The van der Waals surface area contributed by atoms with Crippen LogP contribution in [0.3, 0.4) is 0 Å². The first-order valence-electron chi connectivity index (χ1n) is 10.3. The SMILES string of the molecule is O=C(C1=C(O)C(=O)N(c2nnc(SCc3ccccc3F)s2)[C@H]1c1ccc(O)cc1)c1ccco1. The molecule has 0 bridgehead atoms. The van der Waals surface area contributed by atoms with Gasteiger partial charge in [0.2, 0.25) is 10.9 Å². The zero-order chi connectivity index (χ0) is 24.5. The van der Waals surface area contributed by atoms with Crippen molar-refractivity contribution in [1.82, 2.24) is 10.2 Å². The summed E-state index contributed by atoms with van der Waals surface area (Å²) >= 11 is 2.32. The summed E-state index contributed by atoms with van der Waals surface area (Å²) in [6.45, 7) is 0. The summed E-state index contributed by atoms with van der Waals surface area (Å²) < 4.78 is 19.6. The number of aliphatic hydroxyl groups excluding tert-OH is 1. The van der Waals surface area contributed by atoms with E-state index in [1.165, 1.54) is 53.3 Å². The number of carbonyl (C=O) groups excluding carboxylic acids is 2. The number of ketones is 1. The van der Waals surface area contributed by atoms with Gasteiger partial charge >= 0.3 is 0 Å². The fraction of sp³-hybridized carbons (Fsp3) is 0.0833. The van der Waals surface area contributed by atoms with E-state index in [-0.39, 0.29) is 28.0 Å². The van der Waals surface area contributed by atoms with Crippen LogP contribution < -0.4 is 4.90 Å². The van der Waals surface area contributed by atoms with Gasteiger partial charge in [0, 0.05) is 5.75 Å². The van der Waals surface area contributed by atoms with E-state index in [4.69, 9.17) is 4.42 Å². The molecule has 0 fully saturated rings. The number of halogens is 1. The van der Waals surface area contributed by atoms with E-state index in [0.29, 0.717) is 21.2 Å². The molecule has 11 heteroatoms. The number of hydrogen-bond donors (Lipinski definition) is 2. The number of thioether (sulfide) groups is 1. The quantitative estimate of drug-likeness (QED) is 0.202. The van der Waals surface area contributed by atoms with E-state index in [2.05, 4.69) is 10.2 Å². The molecule has 1 atom stereocenters. The second kappa shape index (κ2) is 9.35. The number of aromatic nitrogens is 2. The smallest absolute Gasteiger partial charge is 0.296 e. The van der Waals surface area contributed by atoms with Crippen molar-refractivity contribution in [3.05, 3.63) is 101 Å². The van der Waals surface area contributed by atoms with Crippen molar-refractivity contribution in [2.45, 2.75) is 16.1 Å². The number of aromatic hydroxyl groups is 1. The van der Waals surface area contributed by atoms with Crippen molar-refractivity contribution >= 4 is 39.9 Å². The lowest BCUT2D eigenvalue weighted by molar-refractivity contribution is -0.117. The fourth-order valence-corrected chi connectivity index (χ4v) is 5.51. The Hall–Kier alpha value is -3.96. The van der Waals surface area contributed by atoms with Crippen LogP contribution in [0.25, 0.3) is 0 Å². The van der Waals surface area contributed by atoms with Crippen LogP contribution >= 0.6 is 23.1 Å². The highest BCUT2D eigenvalue weighted by molar-refractivity contribution is 8.00. The number of anilines is 1. The van der Waals surface area contributed by atoms with Gasteiger partial charge in [-0.25, -0.2) is 4.39 Å². The summed E-state index contributed by atoms with van der Waals surface area (Å²) in [6.07, 6.45) is 1.32. The average Bonchev–Trinajstić information content (AvgIpc) is 3.60. The number of nitrogens with zero attached hydrogens (tertiary/aromatic N) is 3. The van der Waals surface area contributed by atoms with Crippen LogP contribution in [0.2, 0.25) is 0 Å². The highest BCUT2D eigenvalue weighted by Gasteiger charge is 2.46. The Labute approximate surface area is 206 Å². The molecule has 2 aromatic heterocycles. The zero-order valence-electron chi connectivity index (χ0n) is 17.8. The third-order valence-electron chi connectivity index (χ3n) is 5.32. The molecule has 0 saturated carbocycles. The van der Waals surface area contributed by atoms with E-state index in [0.717, 1.165) is 11.3 Å². The predicted molar refractivity (Wildman–Crippen MR) is 127 cm³/mol. The topological polar surface area (TPSA) is 117 Å². The molecule has 0 unspecified atom stereocenters. The number of carbonyl (C=O) groups is 2. The van der Waals surface area contributed by atoms with Crippen LogP contribution in [0.15, 0.2) is 87.0 Å². The molecule has 2 aromatic carbocycles. The number of rotatable bonds is 7. The second-order valence-electron chi connectivity index (χ2n) is 7.47. The standard InChI is InChI=1S/C24H16FN3O5S2/c25-16-5-2-1-4-14(16)12-34-24-27-26-23(35-24)28-19(13-7-9-15(29)10-8-13)18(21(31)22(28)32)20(30)17-6-3-11-33-17/h1-11,19,29,31H,12H2/t19-/m0/s1. The Kier molecular flexibility index (Phi) is 6.10. The molecule has 1 aliphatic heterocycles. The van der Waals surface area contributed by atoms with Crippen LogP contribution in [0.1, 0.15) is 27.7 Å². The minimum absolute atomic E-state index is 0.000480. The number of Topliss-reactive ketones (excluding diaryl/α,β-unsaturated/α-hetero) is 1. The Morgan fingerprint density at radius 1 is 1.09 bits per heavy atom. The van der Waals surface area contributed by atoms with Gasteiger partial charge in [0.25, 0.3) is 5.91 Å². The number of aliphatic hydroxyl groups is 1. The highest BCUT2D eigenvalue weighted by Crippen LogP contribution is 2.44. The lowest BCUT2D eigenvalue weighted by Gasteiger charge is -2.23. The first-order valence-corrected chi connectivity index (χ1v) is 12.1. The van der Waals surface area contributed by atoms with E-state index < -0.39 is 23.5 Å². The van der Waals surface area contributed by atoms with Crippen molar-refractivity contribution < 1.29 is 28.6 Å². The van der Waals surface area contributed by atoms with Crippen molar-refractivity contribution in [3.63, 3.8) is 0 Å². The molecule has 8 nitrogen and oxygen atoms in total. The first-order chi connectivity index (χ1) is 16.9. The molecule has 0 spiro atoms.